The van der Waals surface area contributed by atoms with E-state index in [0.717, 1.165) is 13.1 Å². The molecule has 0 bridgehead atoms. The van der Waals surface area contributed by atoms with Gasteiger partial charge in [-0.3, -0.25) is 9.59 Å². The molecule has 104 valence electrons. The van der Waals surface area contributed by atoms with E-state index >= 15 is 0 Å². The molecule has 1 fully saturated rings. The fraction of sp³-hybridized carbons (Fsp3) is 0.846. The van der Waals surface area contributed by atoms with Crippen molar-refractivity contribution in [3.8, 4) is 0 Å². The second kappa shape index (κ2) is 6.73. The maximum Gasteiger partial charge on any atom is 0.239 e. The van der Waals surface area contributed by atoms with Gasteiger partial charge in [0.1, 0.15) is 0 Å². The molecular formula is C13H25N3O2. The molecule has 5 nitrogen and oxygen atoms in total. The van der Waals surface area contributed by atoms with Crippen molar-refractivity contribution in [3.63, 3.8) is 0 Å². The summed E-state index contributed by atoms with van der Waals surface area (Å²) in [6.45, 7) is 8.55. The fourth-order valence-corrected chi connectivity index (χ4v) is 2.09. The van der Waals surface area contributed by atoms with Gasteiger partial charge in [-0.15, -0.1) is 0 Å². The largest absolute Gasteiger partial charge is 0.354 e. The summed E-state index contributed by atoms with van der Waals surface area (Å²) in [5.74, 6) is 0.756. The summed E-state index contributed by atoms with van der Waals surface area (Å²) in [6, 6.07) is 0. The van der Waals surface area contributed by atoms with Crippen LogP contribution in [0.1, 0.15) is 20.8 Å². The molecule has 0 radical (unpaired) electrons. The third-order valence-electron chi connectivity index (χ3n) is 3.30. The zero-order valence-corrected chi connectivity index (χ0v) is 11.8. The number of nitrogens with one attached hydrogen (secondary N) is 2. The van der Waals surface area contributed by atoms with E-state index in [1.807, 2.05) is 13.8 Å². The number of carbonyl (C=O) groups is 2. The molecule has 0 saturated carbocycles. The lowest BCUT2D eigenvalue weighted by Crippen LogP contribution is -2.43. The van der Waals surface area contributed by atoms with Crippen LogP contribution < -0.4 is 10.6 Å². The van der Waals surface area contributed by atoms with Gasteiger partial charge in [0, 0.05) is 20.1 Å². The van der Waals surface area contributed by atoms with Gasteiger partial charge in [-0.05, 0) is 18.4 Å². The van der Waals surface area contributed by atoms with Crippen LogP contribution in [0.3, 0.4) is 0 Å². The summed E-state index contributed by atoms with van der Waals surface area (Å²) in [6.07, 6.45) is 0. The molecular weight excluding hydrogens is 230 g/mol. The molecule has 1 aliphatic rings. The van der Waals surface area contributed by atoms with Gasteiger partial charge in [0.05, 0.1) is 12.5 Å². The van der Waals surface area contributed by atoms with Gasteiger partial charge in [0.2, 0.25) is 11.8 Å². The smallest absolute Gasteiger partial charge is 0.239 e. The Kier molecular flexibility index (Phi) is 5.59. The Morgan fingerprint density at radius 2 is 2.06 bits per heavy atom. The molecule has 1 saturated heterocycles. The van der Waals surface area contributed by atoms with Crippen LogP contribution in [0.25, 0.3) is 0 Å². The molecule has 0 aromatic heterocycles. The fourth-order valence-electron chi connectivity index (χ4n) is 2.09. The molecule has 1 aliphatic heterocycles. The third-order valence-corrected chi connectivity index (χ3v) is 3.30. The second-order valence-electron chi connectivity index (χ2n) is 5.63. The predicted molar refractivity (Wildman–Crippen MR) is 71.0 cm³/mol. The molecule has 2 unspecified atom stereocenters. The summed E-state index contributed by atoms with van der Waals surface area (Å²) in [5, 5.41) is 6.02. The summed E-state index contributed by atoms with van der Waals surface area (Å²) in [4.78, 5) is 25.3. The topological polar surface area (TPSA) is 61.4 Å². The van der Waals surface area contributed by atoms with Crippen LogP contribution in [0.4, 0.5) is 0 Å². The first-order chi connectivity index (χ1) is 8.41. The first-order valence-electron chi connectivity index (χ1n) is 6.64. The molecule has 1 heterocycles. The molecule has 1 rings (SSSR count). The van der Waals surface area contributed by atoms with E-state index in [1.165, 1.54) is 4.90 Å². The highest BCUT2D eigenvalue weighted by Crippen LogP contribution is 2.17. The van der Waals surface area contributed by atoms with E-state index in [-0.39, 0.29) is 24.3 Å². The molecule has 2 N–H and O–H groups in total. The van der Waals surface area contributed by atoms with Gasteiger partial charge in [0.15, 0.2) is 0 Å². The molecule has 0 aromatic rings. The van der Waals surface area contributed by atoms with Crippen LogP contribution in [0.5, 0.6) is 0 Å². The summed E-state index contributed by atoms with van der Waals surface area (Å²) >= 11 is 0. The predicted octanol–water partition coefficient (Wildman–Crippen LogP) is 0.0725. The summed E-state index contributed by atoms with van der Waals surface area (Å²) in [7, 11) is 1.70. The van der Waals surface area contributed by atoms with Crippen molar-refractivity contribution in [1.29, 1.82) is 0 Å². The number of carbonyl (C=O) groups excluding carboxylic acids is 2. The van der Waals surface area contributed by atoms with Crippen molar-refractivity contribution >= 4 is 11.8 Å². The number of hydrogen-bond acceptors (Lipinski definition) is 3. The highest BCUT2D eigenvalue weighted by molar-refractivity contribution is 5.86. The van der Waals surface area contributed by atoms with Gasteiger partial charge in [-0.1, -0.05) is 20.8 Å². The number of amides is 2. The van der Waals surface area contributed by atoms with Crippen LogP contribution in [0.15, 0.2) is 0 Å². The molecule has 2 amide bonds. The van der Waals surface area contributed by atoms with Gasteiger partial charge in [-0.25, -0.2) is 0 Å². The lowest BCUT2D eigenvalue weighted by Gasteiger charge is -2.22. The molecule has 18 heavy (non-hydrogen) atoms. The standard InChI is InChI=1S/C13H25N3O2/c1-9(2)5-15-12(17)8-16(4)13(18)11-7-14-6-10(11)3/h9-11,14H,5-8H2,1-4H3,(H,15,17). The second-order valence-corrected chi connectivity index (χ2v) is 5.63. The first-order valence-corrected chi connectivity index (χ1v) is 6.64. The van der Waals surface area contributed by atoms with E-state index < -0.39 is 0 Å². The van der Waals surface area contributed by atoms with Gasteiger partial charge in [0.25, 0.3) is 0 Å². The normalized spacial score (nSPS) is 23.2. The van der Waals surface area contributed by atoms with E-state index in [1.54, 1.807) is 7.05 Å². The molecule has 0 aliphatic carbocycles. The zero-order valence-electron chi connectivity index (χ0n) is 11.8. The van der Waals surface area contributed by atoms with Crippen molar-refractivity contribution < 1.29 is 9.59 Å². The number of rotatable bonds is 5. The van der Waals surface area contributed by atoms with Crippen molar-refractivity contribution in [2.45, 2.75) is 20.8 Å². The van der Waals surface area contributed by atoms with Crippen LogP contribution in [-0.4, -0.2) is 49.9 Å². The average Bonchev–Trinajstić information content (AvgIpc) is 2.71. The lowest BCUT2D eigenvalue weighted by molar-refractivity contribution is -0.138. The minimum absolute atomic E-state index is 0.00731. The Morgan fingerprint density at radius 3 is 2.56 bits per heavy atom. The van der Waals surface area contributed by atoms with E-state index in [2.05, 4.69) is 17.6 Å². The van der Waals surface area contributed by atoms with Crippen molar-refractivity contribution in [1.82, 2.24) is 15.5 Å². The zero-order chi connectivity index (χ0) is 13.7. The minimum atomic E-state index is -0.0850. The molecule has 2 atom stereocenters. The monoisotopic (exact) mass is 255 g/mol. The summed E-state index contributed by atoms with van der Waals surface area (Å²) in [5.41, 5.74) is 0. The average molecular weight is 255 g/mol. The number of likely N-dealkylation sites (N-methyl/N-ethyl adjacent to an activating group) is 1. The van der Waals surface area contributed by atoms with Crippen LogP contribution in [0.2, 0.25) is 0 Å². The number of hydrogen-bond donors (Lipinski definition) is 2. The highest BCUT2D eigenvalue weighted by Gasteiger charge is 2.31. The maximum atomic E-state index is 12.1. The Hall–Kier alpha value is -1.10. The van der Waals surface area contributed by atoms with E-state index in [0.29, 0.717) is 18.4 Å². The van der Waals surface area contributed by atoms with Gasteiger partial charge in [-0.2, -0.15) is 0 Å². The highest BCUT2D eigenvalue weighted by atomic mass is 16.2. The molecule has 0 aromatic carbocycles. The molecule has 5 heteroatoms. The lowest BCUT2D eigenvalue weighted by atomic mass is 9.97. The maximum absolute atomic E-state index is 12.1. The van der Waals surface area contributed by atoms with Crippen molar-refractivity contribution in [2.24, 2.45) is 17.8 Å². The van der Waals surface area contributed by atoms with Gasteiger partial charge < -0.3 is 15.5 Å². The Balaban J connectivity index is 2.37. The Bertz CT molecular complexity index is 305. The van der Waals surface area contributed by atoms with Crippen LogP contribution in [0, 0.1) is 17.8 Å². The van der Waals surface area contributed by atoms with Crippen LogP contribution >= 0.6 is 0 Å². The third kappa shape index (κ3) is 4.29. The molecule has 0 spiro atoms. The van der Waals surface area contributed by atoms with Crippen LogP contribution in [-0.2, 0) is 9.59 Å². The van der Waals surface area contributed by atoms with Gasteiger partial charge >= 0.3 is 0 Å². The Morgan fingerprint density at radius 1 is 1.39 bits per heavy atom. The number of nitrogens with zero attached hydrogens (tertiary/aromatic N) is 1. The van der Waals surface area contributed by atoms with E-state index in [4.69, 9.17) is 0 Å². The van der Waals surface area contributed by atoms with E-state index in [9.17, 15) is 9.59 Å². The Labute approximate surface area is 109 Å². The minimum Gasteiger partial charge on any atom is -0.354 e. The quantitative estimate of drug-likeness (QED) is 0.731. The van der Waals surface area contributed by atoms with Crippen molar-refractivity contribution in [3.05, 3.63) is 0 Å². The first kappa shape index (κ1) is 15.0. The van der Waals surface area contributed by atoms with Crippen molar-refractivity contribution in [2.75, 3.05) is 33.2 Å². The summed E-state index contributed by atoms with van der Waals surface area (Å²) < 4.78 is 0. The SMILES string of the molecule is CC(C)CNC(=O)CN(C)C(=O)C1CNCC1C.